The molecule has 0 atom stereocenters. The minimum atomic E-state index is -0.171. The van der Waals surface area contributed by atoms with Crippen LogP contribution in [0.25, 0.3) is 0 Å². The van der Waals surface area contributed by atoms with Gasteiger partial charge in [-0.3, -0.25) is 4.79 Å². The van der Waals surface area contributed by atoms with Crippen LogP contribution in [0.3, 0.4) is 0 Å². The van der Waals surface area contributed by atoms with Crippen molar-refractivity contribution in [3.63, 3.8) is 0 Å². The van der Waals surface area contributed by atoms with Crippen molar-refractivity contribution < 1.29 is 9.53 Å². The predicted octanol–water partition coefficient (Wildman–Crippen LogP) is 2.46. The van der Waals surface area contributed by atoms with Crippen LogP contribution >= 0.6 is 27.7 Å². The summed E-state index contributed by atoms with van der Waals surface area (Å²) in [5.41, 5.74) is 0. The molecule has 0 aromatic heterocycles. The summed E-state index contributed by atoms with van der Waals surface area (Å²) in [6, 6.07) is 5.61. The van der Waals surface area contributed by atoms with E-state index in [-0.39, 0.29) is 5.97 Å². The lowest BCUT2D eigenvalue weighted by Crippen LogP contribution is -2.15. The number of hydrogen-bond acceptors (Lipinski definition) is 3. The van der Waals surface area contributed by atoms with Crippen LogP contribution in [0.4, 0.5) is 0 Å². The first-order valence-electron chi connectivity index (χ1n) is 3.39. The Kier molecular flexibility index (Phi) is 2.11. The Morgan fingerprint density at radius 1 is 1.50 bits per heavy atom. The van der Waals surface area contributed by atoms with Crippen molar-refractivity contribution in [3.05, 3.63) is 22.7 Å². The third-order valence-electron chi connectivity index (χ3n) is 1.48. The fraction of sp³-hybridized carbons (Fsp3) is 0.125. The first kappa shape index (κ1) is 8.13. The van der Waals surface area contributed by atoms with Gasteiger partial charge in [0.05, 0.1) is 10.6 Å². The summed E-state index contributed by atoms with van der Waals surface area (Å²) < 4.78 is 6.01. The van der Waals surface area contributed by atoms with Crippen molar-refractivity contribution in [1.29, 1.82) is 0 Å². The quantitative estimate of drug-likeness (QED) is 0.518. The van der Waals surface area contributed by atoms with Gasteiger partial charge in [0.1, 0.15) is 5.75 Å². The van der Waals surface area contributed by atoms with Gasteiger partial charge in [-0.15, -0.1) is 11.8 Å². The van der Waals surface area contributed by atoms with Gasteiger partial charge in [0.2, 0.25) is 0 Å². The Morgan fingerprint density at radius 2 is 2.33 bits per heavy atom. The normalized spacial score (nSPS) is 15.2. The molecule has 2 nitrogen and oxygen atoms in total. The number of rotatable bonds is 0. The van der Waals surface area contributed by atoms with Crippen LogP contribution in [0.15, 0.2) is 27.6 Å². The van der Waals surface area contributed by atoms with Crippen LogP contribution in [0.5, 0.6) is 5.75 Å². The lowest BCUT2D eigenvalue weighted by atomic mass is 10.3. The maximum absolute atomic E-state index is 10.9. The zero-order valence-corrected chi connectivity index (χ0v) is 8.44. The maximum atomic E-state index is 10.9. The topological polar surface area (TPSA) is 26.3 Å². The van der Waals surface area contributed by atoms with Gasteiger partial charge in [-0.05, 0) is 18.2 Å². The molecule has 0 saturated carbocycles. The van der Waals surface area contributed by atoms with Crippen LogP contribution in [0.1, 0.15) is 0 Å². The first-order chi connectivity index (χ1) is 5.75. The van der Waals surface area contributed by atoms with E-state index in [4.69, 9.17) is 4.74 Å². The molecule has 0 unspecified atom stereocenters. The van der Waals surface area contributed by atoms with E-state index in [0.29, 0.717) is 11.5 Å². The number of esters is 1. The second-order valence-corrected chi connectivity index (χ2v) is 4.29. The summed E-state index contributed by atoms with van der Waals surface area (Å²) in [4.78, 5) is 11.9. The Bertz CT molecular complexity index is 338. The van der Waals surface area contributed by atoms with E-state index in [1.807, 2.05) is 12.1 Å². The molecule has 0 N–H and O–H groups in total. The molecule has 1 aromatic carbocycles. The molecule has 1 aliphatic rings. The molecule has 1 aliphatic heterocycles. The van der Waals surface area contributed by atoms with Crippen molar-refractivity contribution >= 4 is 33.7 Å². The monoisotopic (exact) mass is 244 g/mol. The molecule has 0 amide bonds. The predicted molar refractivity (Wildman–Crippen MR) is 50.5 cm³/mol. The van der Waals surface area contributed by atoms with Gasteiger partial charge in [-0.2, -0.15) is 0 Å². The van der Waals surface area contributed by atoms with Crippen LogP contribution in [0.2, 0.25) is 0 Å². The highest BCUT2D eigenvalue weighted by molar-refractivity contribution is 9.10. The molecular weight excluding hydrogens is 240 g/mol. The Balaban J connectivity index is 2.43. The maximum Gasteiger partial charge on any atom is 0.321 e. The highest BCUT2D eigenvalue weighted by Crippen LogP contribution is 2.35. The summed E-state index contributed by atoms with van der Waals surface area (Å²) in [5, 5.41) is 0. The van der Waals surface area contributed by atoms with Crippen LogP contribution in [-0.4, -0.2) is 11.7 Å². The molecule has 0 radical (unpaired) electrons. The molecule has 0 spiro atoms. The third kappa shape index (κ3) is 1.49. The van der Waals surface area contributed by atoms with Crippen molar-refractivity contribution in [1.82, 2.24) is 0 Å². The second-order valence-electron chi connectivity index (χ2n) is 2.35. The Hall–Kier alpha value is -0.480. The third-order valence-corrected chi connectivity index (χ3v) is 2.98. The Morgan fingerprint density at radius 3 is 3.17 bits per heavy atom. The summed E-state index contributed by atoms with van der Waals surface area (Å²) in [5.74, 6) is 0.901. The zero-order valence-electron chi connectivity index (χ0n) is 6.04. The molecule has 12 heavy (non-hydrogen) atoms. The smallest absolute Gasteiger partial charge is 0.321 e. The van der Waals surface area contributed by atoms with Crippen molar-refractivity contribution in [2.45, 2.75) is 4.90 Å². The van der Waals surface area contributed by atoms with E-state index in [2.05, 4.69) is 15.9 Å². The average Bonchev–Trinajstić information content (AvgIpc) is 2.05. The van der Waals surface area contributed by atoms with E-state index in [1.165, 1.54) is 11.8 Å². The van der Waals surface area contributed by atoms with E-state index >= 15 is 0 Å². The van der Waals surface area contributed by atoms with Crippen LogP contribution in [-0.2, 0) is 4.79 Å². The SMILES string of the molecule is O=C1CSc2cc(Br)ccc2O1. The zero-order chi connectivity index (χ0) is 8.55. The van der Waals surface area contributed by atoms with Crippen molar-refractivity contribution in [2.75, 3.05) is 5.75 Å². The van der Waals surface area contributed by atoms with E-state index in [1.54, 1.807) is 6.07 Å². The van der Waals surface area contributed by atoms with Gasteiger partial charge in [0, 0.05) is 4.47 Å². The molecule has 0 fully saturated rings. The Labute approximate surface area is 82.4 Å². The summed E-state index contributed by atoms with van der Waals surface area (Å²) in [7, 11) is 0. The number of hydrogen-bond donors (Lipinski definition) is 0. The average molecular weight is 245 g/mol. The standard InChI is InChI=1S/C8H5BrO2S/c9-5-1-2-6-7(3-5)12-4-8(10)11-6/h1-3H,4H2. The molecule has 0 bridgehead atoms. The summed E-state index contributed by atoms with van der Waals surface area (Å²) >= 11 is 4.86. The van der Waals surface area contributed by atoms with Gasteiger partial charge in [0.25, 0.3) is 0 Å². The van der Waals surface area contributed by atoms with E-state index < -0.39 is 0 Å². The molecule has 62 valence electrons. The van der Waals surface area contributed by atoms with Gasteiger partial charge < -0.3 is 4.74 Å². The number of fused-ring (bicyclic) bond motifs is 1. The highest BCUT2D eigenvalue weighted by Gasteiger charge is 2.17. The molecule has 1 aromatic rings. The highest BCUT2D eigenvalue weighted by atomic mass is 79.9. The fourth-order valence-electron chi connectivity index (χ4n) is 0.968. The fourth-order valence-corrected chi connectivity index (χ4v) is 2.27. The van der Waals surface area contributed by atoms with Crippen LogP contribution < -0.4 is 4.74 Å². The van der Waals surface area contributed by atoms with Gasteiger partial charge in [-0.25, -0.2) is 0 Å². The van der Waals surface area contributed by atoms with Gasteiger partial charge in [0.15, 0.2) is 0 Å². The number of benzene rings is 1. The van der Waals surface area contributed by atoms with Crippen LogP contribution in [0, 0.1) is 0 Å². The molecule has 4 heteroatoms. The largest absolute Gasteiger partial charge is 0.425 e. The number of halogens is 1. The minimum absolute atomic E-state index is 0.171. The molecular formula is C8H5BrO2S. The lowest BCUT2D eigenvalue weighted by Gasteiger charge is -2.14. The van der Waals surface area contributed by atoms with Gasteiger partial charge >= 0.3 is 5.97 Å². The lowest BCUT2D eigenvalue weighted by molar-refractivity contribution is -0.131. The molecule has 2 rings (SSSR count). The second kappa shape index (κ2) is 3.11. The number of carbonyl (C=O) groups is 1. The molecule has 1 heterocycles. The van der Waals surface area contributed by atoms with E-state index in [9.17, 15) is 4.79 Å². The summed E-state index contributed by atoms with van der Waals surface area (Å²) in [6.45, 7) is 0. The van der Waals surface area contributed by atoms with Crippen molar-refractivity contribution in [3.8, 4) is 5.75 Å². The molecule has 0 aliphatic carbocycles. The van der Waals surface area contributed by atoms with Gasteiger partial charge in [-0.1, -0.05) is 15.9 Å². The molecule has 0 saturated heterocycles. The number of thioether (sulfide) groups is 1. The van der Waals surface area contributed by atoms with E-state index in [0.717, 1.165) is 9.37 Å². The minimum Gasteiger partial charge on any atom is -0.425 e. The summed E-state index contributed by atoms with van der Waals surface area (Å²) in [6.07, 6.45) is 0. The van der Waals surface area contributed by atoms with Crippen molar-refractivity contribution in [2.24, 2.45) is 0 Å². The first-order valence-corrected chi connectivity index (χ1v) is 5.16. The number of carbonyl (C=O) groups excluding carboxylic acids is 1. The number of ether oxygens (including phenoxy) is 1.